The summed E-state index contributed by atoms with van der Waals surface area (Å²) in [6.07, 6.45) is 11.6. The zero-order valence-corrected chi connectivity index (χ0v) is 19.7. The fraction of sp³-hybridized carbons (Fsp3) is 0.708. The lowest BCUT2D eigenvalue weighted by Gasteiger charge is -2.36. The number of hydrogen-bond acceptors (Lipinski definition) is 6. The molecule has 1 saturated heterocycles. The number of carbonyl (C=O) groups is 1. The molecule has 1 aromatic carbocycles. The van der Waals surface area contributed by atoms with Gasteiger partial charge in [-0.25, -0.2) is 13.2 Å². The van der Waals surface area contributed by atoms with Crippen LogP contribution in [0.25, 0.3) is 0 Å². The highest BCUT2D eigenvalue weighted by atomic mass is 32.2. The Labute approximate surface area is 191 Å². The zero-order valence-electron chi connectivity index (χ0n) is 18.9. The van der Waals surface area contributed by atoms with Crippen molar-refractivity contribution in [2.75, 3.05) is 19.3 Å². The maximum absolute atomic E-state index is 12.3. The van der Waals surface area contributed by atoms with Crippen LogP contribution in [0, 0.1) is 0 Å². The number of piperidine rings is 1. The van der Waals surface area contributed by atoms with Gasteiger partial charge in [0, 0.05) is 19.3 Å². The van der Waals surface area contributed by atoms with Crippen LogP contribution in [0.3, 0.4) is 0 Å². The first-order valence-electron chi connectivity index (χ1n) is 11.9. The number of benzene rings is 1. The molecule has 3 aliphatic rings. The van der Waals surface area contributed by atoms with Crippen LogP contribution < -0.4 is 4.74 Å². The summed E-state index contributed by atoms with van der Waals surface area (Å²) < 4.78 is 41.2. The van der Waals surface area contributed by atoms with Crippen molar-refractivity contribution < 1.29 is 27.4 Å². The van der Waals surface area contributed by atoms with Gasteiger partial charge in [-0.2, -0.15) is 0 Å². The number of carbonyl (C=O) groups excluding carboxylic acids is 1. The lowest BCUT2D eigenvalue weighted by Crippen LogP contribution is -2.43. The van der Waals surface area contributed by atoms with E-state index in [-0.39, 0.29) is 30.5 Å². The number of nitrogens with zero attached hydrogens (tertiary/aromatic N) is 1. The largest absolute Gasteiger partial charge is 0.490 e. The van der Waals surface area contributed by atoms with Crippen molar-refractivity contribution in [2.24, 2.45) is 0 Å². The van der Waals surface area contributed by atoms with Gasteiger partial charge in [0.25, 0.3) is 0 Å². The highest BCUT2D eigenvalue weighted by Gasteiger charge is 2.30. The van der Waals surface area contributed by atoms with Gasteiger partial charge in [0.2, 0.25) is 0 Å². The summed E-state index contributed by atoms with van der Waals surface area (Å²) in [4.78, 5) is 14.5. The number of likely N-dealkylation sites (tertiary alicyclic amines) is 1. The van der Waals surface area contributed by atoms with Gasteiger partial charge in [-0.05, 0) is 88.5 Å². The first-order valence-corrected chi connectivity index (χ1v) is 13.8. The van der Waals surface area contributed by atoms with Crippen LogP contribution in [0.15, 0.2) is 29.2 Å². The molecule has 2 saturated carbocycles. The summed E-state index contributed by atoms with van der Waals surface area (Å²) in [5.74, 6) is 0.707. The van der Waals surface area contributed by atoms with Crippen molar-refractivity contribution in [3.63, 3.8) is 0 Å². The second-order valence-corrected chi connectivity index (χ2v) is 11.4. The molecule has 8 heteroatoms. The minimum atomic E-state index is -3.19. The summed E-state index contributed by atoms with van der Waals surface area (Å²) in [6, 6.07) is 6.64. The van der Waals surface area contributed by atoms with Crippen molar-refractivity contribution in [2.45, 2.75) is 93.5 Å². The topological polar surface area (TPSA) is 82.1 Å². The number of sulfone groups is 1. The minimum Gasteiger partial charge on any atom is -0.490 e. The Kier molecular flexibility index (Phi) is 7.61. The predicted molar refractivity (Wildman–Crippen MR) is 121 cm³/mol. The molecule has 1 amide bonds. The maximum atomic E-state index is 12.3. The van der Waals surface area contributed by atoms with E-state index in [1.54, 1.807) is 24.3 Å². The molecule has 1 aliphatic heterocycles. The summed E-state index contributed by atoms with van der Waals surface area (Å²) >= 11 is 0. The van der Waals surface area contributed by atoms with Gasteiger partial charge in [-0.3, -0.25) is 0 Å². The summed E-state index contributed by atoms with van der Waals surface area (Å²) in [5, 5.41) is 0. The molecule has 0 bridgehead atoms. The summed E-state index contributed by atoms with van der Waals surface area (Å²) in [6.45, 7) is 1.41. The molecule has 3 fully saturated rings. The minimum absolute atomic E-state index is 0.117. The first kappa shape index (κ1) is 23.4. The van der Waals surface area contributed by atoms with Gasteiger partial charge in [0.1, 0.15) is 11.9 Å². The Bertz CT molecular complexity index is 849. The van der Waals surface area contributed by atoms with E-state index in [2.05, 4.69) is 0 Å². The molecule has 178 valence electrons. The van der Waals surface area contributed by atoms with Crippen LogP contribution in [0.5, 0.6) is 5.75 Å². The van der Waals surface area contributed by atoms with Gasteiger partial charge < -0.3 is 19.1 Å². The third kappa shape index (κ3) is 6.38. The van der Waals surface area contributed by atoms with Gasteiger partial charge in [-0.1, -0.05) is 0 Å². The van der Waals surface area contributed by atoms with Crippen molar-refractivity contribution >= 4 is 15.9 Å². The van der Waals surface area contributed by atoms with Gasteiger partial charge in [0.05, 0.1) is 23.2 Å². The Morgan fingerprint density at radius 2 is 1.38 bits per heavy atom. The maximum Gasteiger partial charge on any atom is 0.410 e. The van der Waals surface area contributed by atoms with Crippen LogP contribution in [-0.2, 0) is 19.3 Å². The van der Waals surface area contributed by atoms with Crippen LogP contribution in [0.2, 0.25) is 0 Å². The molecule has 0 radical (unpaired) electrons. The fourth-order valence-corrected chi connectivity index (χ4v) is 5.54. The number of ether oxygens (including phenoxy) is 3. The molecule has 0 unspecified atom stereocenters. The number of rotatable bonds is 6. The second-order valence-electron chi connectivity index (χ2n) is 9.37. The highest BCUT2D eigenvalue weighted by Crippen LogP contribution is 2.29. The molecule has 1 aromatic rings. The molecule has 4 rings (SSSR count). The third-order valence-corrected chi connectivity index (χ3v) is 7.96. The van der Waals surface area contributed by atoms with E-state index in [1.165, 1.54) is 6.26 Å². The quantitative estimate of drug-likeness (QED) is 0.622. The molecule has 0 aromatic heterocycles. The molecular formula is C24H35NO6S. The SMILES string of the molecule is CS(=O)(=O)c1ccc(OC2CCC(OC3CCN(C(=O)OC4CCCC4)CC3)CC2)cc1. The highest BCUT2D eigenvalue weighted by molar-refractivity contribution is 7.90. The molecule has 2 aliphatic carbocycles. The van der Waals surface area contributed by atoms with E-state index in [0.29, 0.717) is 23.7 Å². The van der Waals surface area contributed by atoms with E-state index >= 15 is 0 Å². The molecular weight excluding hydrogens is 430 g/mol. The Morgan fingerprint density at radius 1 is 0.812 bits per heavy atom. The standard InChI is InChI=1S/C24H35NO6S/c1-32(27,28)23-12-10-21(11-13-23)29-19-6-8-20(9-7-19)30-22-14-16-25(17-15-22)24(26)31-18-4-2-3-5-18/h10-13,18-20,22H,2-9,14-17H2,1H3. The van der Waals surface area contributed by atoms with E-state index in [9.17, 15) is 13.2 Å². The fourth-order valence-electron chi connectivity index (χ4n) is 4.91. The number of amides is 1. The lowest BCUT2D eigenvalue weighted by molar-refractivity contribution is -0.0659. The van der Waals surface area contributed by atoms with Crippen LogP contribution in [0.1, 0.15) is 64.2 Å². The average Bonchev–Trinajstić information content (AvgIpc) is 3.28. The van der Waals surface area contributed by atoms with E-state index in [4.69, 9.17) is 14.2 Å². The van der Waals surface area contributed by atoms with Crippen LogP contribution in [0.4, 0.5) is 4.79 Å². The van der Waals surface area contributed by atoms with E-state index < -0.39 is 9.84 Å². The molecule has 0 spiro atoms. The van der Waals surface area contributed by atoms with E-state index in [1.807, 2.05) is 4.90 Å². The summed E-state index contributed by atoms with van der Waals surface area (Å²) in [5.41, 5.74) is 0. The second kappa shape index (κ2) is 10.4. The smallest absolute Gasteiger partial charge is 0.410 e. The van der Waals surface area contributed by atoms with Gasteiger partial charge >= 0.3 is 6.09 Å². The Balaban J connectivity index is 1.14. The molecule has 32 heavy (non-hydrogen) atoms. The molecule has 0 atom stereocenters. The predicted octanol–water partition coefficient (Wildman–Crippen LogP) is 4.34. The lowest BCUT2D eigenvalue weighted by atomic mass is 9.94. The first-order chi connectivity index (χ1) is 15.4. The Morgan fingerprint density at radius 3 is 1.97 bits per heavy atom. The molecule has 0 N–H and O–H groups in total. The van der Waals surface area contributed by atoms with Crippen molar-refractivity contribution in [1.29, 1.82) is 0 Å². The van der Waals surface area contributed by atoms with Crippen molar-refractivity contribution in [1.82, 2.24) is 4.90 Å². The van der Waals surface area contributed by atoms with Crippen molar-refractivity contribution in [3.8, 4) is 5.75 Å². The molecule has 1 heterocycles. The van der Waals surface area contributed by atoms with Gasteiger partial charge in [-0.15, -0.1) is 0 Å². The summed E-state index contributed by atoms with van der Waals surface area (Å²) in [7, 11) is -3.19. The third-order valence-electron chi connectivity index (χ3n) is 6.83. The monoisotopic (exact) mass is 465 g/mol. The van der Waals surface area contributed by atoms with E-state index in [0.717, 1.165) is 64.2 Å². The Hall–Kier alpha value is -1.80. The number of hydrogen-bond donors (Lipinski definition) is 0. The van der Waals surface area contributed by atoms with Crippen LogP contribution in [-0.4, -0.2) is 63.2 Å². The van der Waals surface area contributed by atoms with Crippen molar-refractivity contribution in [3.05, 3.63) is 24.3 Å². The van der Waals surface area contributed by atoms with Crippen LogP contribution >= 0.6 is 0 Å². The zero-order chi connectivity index (χ0) is 22.6. The normalized spacial score (nSPS) is 25.6. The average molecular weight is 466 g/mol. The van der Waals surface area contributed by atoms with Gasteiger partial charge in [0.15, 0.2) is 9.84 Å². The molecule has 7 nitrogen and oxygen atoms in total.